The molecule has 0 amide bonds. The number of carbonyl (C=O) groups is 1. The van der Waals surface area contributed by atoms with Gasteiger partial charge in [-0.1, -0.05) is 37.3 Å². The maximum atomic E-state index is 12.9. The number of hydrogen-bond acceptors (Lipinski definition) is 3. The first-order valence-corrected chi connectivity index (χ1v) is 9.28. The summed E-state index contributed by atoms with van der Waals surface area (Å²) in [7, 11) is 0. The Bertz CT molecular complexity index is 732. The van der Waals surface area contributed by atoms with E-state index in [9.17, 15) is 14.3 Å². The Morgan fingerprint density at radius 3 is 2.54 bits per heavy atom. The predicted molar refractivity (Wildman–Crippen MR) is 101 cm³/mol. The van der Waals surface area contributed by atoms with Gasteiger partial charge in [-0.2, -0.15) is 0 Å². The number of nitrogens with zero attached hydrogens (tertiary/aromatic N) is 1. The van der Waals surface area contributed by atoms with Gasteiger partial charge in [-0.15, -0.1) is 0 Å². The molecule has 1 N–H and O–H groups in total. The number of likely N-dealkylation sites (tertiary alicyclic amines) is 1. The molecule has 0 spiro atoms. The Morgan fingerprint density at radius 1 is 1.19 bits per heavy atom. The first kappa shape index (κ1) is 18.7. The van der Waals surface area contributed by atoms with E-state index in [1.807, 2.05) is 30.3 Å². The van der Waals surface area contributed by atoms with Crippen molar-refractivity contribution in [2.75, 3.05) is 19.6 Å². The van der Waals surface area contributed by atoms with E-state index in [2.05, 4.69) is 11.8 Å². The summed E-state index contributed by atoms with van der Waals surface area (Å²) in [5.41, 5.74) is 0.775. The van der Waals surface area contributed by atoms with Crippen LogP contribution >= 0.6 is 0 Å². The van der Waals surface area contributed by atoms with Gasteiger partial charge < -0.3 is 10.0 Å². The standard InChI is InChI=1S/C22H26FNO2/c1-17-16-24(15-13-22(17,26)19-6-3-2-4-7-19)14-5-8-21(25)18-9-11-20(23)12-10-18/h2-4,6-7,9-12,17,26H,5,8,13-16H2,1H3/t17-,22?/m1/s1. The Hall–Kier alpha value is -2.04. The van der Waals surface area contributed by atoms with Crippen LogP contribution in [-0.4, -0.2) is 35.4 Å². The number of halogens is 1. The van der Waals surface area contributed by atoms with Crippen molar-refractivity contribution in [1.29, 1.82) is 0 Å². The number of Topliss-reactive ketones (excluding diaryl/α,β-unsaturated/α-hetero) is 1. The molecule has 2 aromatic rings. The summed E-state index contributed by atoms with van der Waals surface area (Å²) in [6, 6.07) is 15.6. The van der Waals surface area contributed by atoms with Crippen LogP contribution in [0.5, 0.6) is 0 Å². The molecular formula is C22H26FNO2. The number of ketones is 1. The Labute approximate surface area is 154 Å². The van der Waals surface area contributed by atoms with Crippen molar-refractivity contribution >= 4 is 5.78 Å². The van der Waals surface area contributed by atoms with Crippen molar-refractivity contribution in [1.82, 2.24) is 4.90 Å². The van der Waals surface area contributed by atoms with E-state index in [0.29, 0.717) is 18.4 Å². The zero-order valence-corrected chi connectivity index (χ0v) is 15.2. The Kier molecular flexibility index (Phi) is 5.84. The molecule has 1 aliphatic heterocycles. The molecule has 1 aliphatic rings. The van der Waals surface area contributed by atoms with Crippen LogP contribution in [0.25, 0.3) is 0 Å². The van der Waals surface area contributed by atoms with Crippen LogP contribution in [0.3, 0.4) is 0 Å². The van der Waals surface area contributed by atoms with E-state index >= 15 is 0 Å². The number of hydrogen-bond donors (Lipinski definition) is 1. The van der Waals surface area contributed by atoms with E-state index in [4.69, 9.17) is 0 Å². The fourth-order valence-corrected chi connectivity index (χ4v) is 3.81. The smallest absolute Gasteiger partial charge is 0.162 e. The third-order valence-electron chi connectivity index (χ3n) is 5.47. The molecule has 2 atom stereocenters. The van der Waals surface area contributed by atoms with E-state index in [0.717, 1.165) is 31.6 Å². The van der Waals surface area contributed by atoms with Crippen LogP contribution in [0.15, 0.2) is 54.6 Å². The summed E-state index contributed by atoms with van der Waals surface area (Å²) < 4.78 is 12.9. The Morgan fingerprint density at radius 2 is 1.88 bits per heavy atom. The molecule has 0 radical (unpaired) electrons. The summed E-state index contributed by atoms with van der Waals surface area (Å²) in [5.74, 6) is -0.142. The zero-order chi connectivity index (χ0) is 18.6. The van der Waals surface area contributed by atoms with Gasteiger partial charge in [0.15, 0.2) is 5.78 Å². The largest absolute Gasteiger partial charge is 0.385 e. The van der Waals surface area contributed by atoms with Crippen LogP contribution in [0.2, 0.25) is 0 Å². The van der Waals surface area contributed by atoms with E-state index in [-0.39, 0.29) is 17.5 Å². The second-order valence-electron chi connectivity index (χ2n) is 7.28. The molecule has 138 valence electrons. The molecule has 0 aliphatic carbocycles. The number of rotatable bonds is 6. The maximum absolute atomic E-state index is 12.9. The molecule has 4 heteroatoms. The van der Waals surface area contributed by atoms with Crippen molar-refractivity contribution in [3.05, 3.63) is 71.5 Å². The number of aliphatic hydroxyl groups is 1. The second-order valence-corrected chi connectivity index (χ2v) is 7.28. The summed E-state index contributed by atoms with van der Waals surface area (Å²) in [5, 5.41) is 11.1. The van der Waals surface area contributed by atoms with E-state index in [1.165, 1.54) is 12.1 Å². The average Bonchev–Trinajstić information content (AvgIpc) is 2.66. The van der Waals surface area contributed by atoms with Crippen LogP contribution in [0.1, 0.15) is 42.1 Å². The summed E-state index contributed by atoms with van der Waals surface area (Å²) in [4.78, 5) is 14.5. The quantitative estimate of drug-likeness (QED) is 0.796. The van der Waals surface area contributed by atoms with Gasteiger partial charge in [-0.25, -0.2) is 4.39 Å². The van der Waals surface area contributed by atoms with Crippen molar-refractivity contribution < 1.29 is 14.3 Å². The first-order valence-electron chi connectivity index (χ1n) is 9.28. The number of piperidine rings is 1. The highest BCUT2D eigenvalue weighted by Crippen LogP contribution is 2.37. The molecule has 2 aromatic carbocycles. The predicted octanol–water partition coefficient (Wildman–Crippen LogP) is 4.02. The van der Waals surface area contributed by atoms with E-state index < -0.39 is 5.60 Å². The first-order chi connectivity index (χ1) is 12.5. The lowest BCUT2D eigenvalue weighted by Crippen LogP contribution is -2.49. The summed E-state index contributed by atoms with van der Waals surface area (Å²) in [6.07, 6.45) is 1.93. The minimum absolute atomic E-state index is 0.0517. The lowest BCUT2D eigenvalue weighted by molar-refractivity contribution is -0.0711. The van der Waals surface area contributed by atoms with Crippen molar-refractivity contribution in [2.45, 2.75) is 31.8 Å². The van der Waals surface area contributed by atoms with Crippen molar-refractivity contribution in [2.24, 2.45) is 5.92 Å². The number of carbonyl (C=O) groups excluding carboxylic acids is 1. The SMILES string of the molecule is C[C@@H]1CN(CCCC(=O)c2ccc(F)cc2)CCC1(O)c1ccccc1. The molecule has 0 bridgehead atoms. The third-order valence-corrected chi connectivity index (χ3v) is 5.47. The molecule has 0 aromatic heterocycles. The normalized spacial score (nSPS) is 23.7. The molecule has 1 heterocycles. The molecule has 3 nitrogen and oxygen atoms in total. The molecule has 1 unspecified atom stereocenters. The van der Waals surface area contributed by atoms with Gasteiger partial charge in [0.2, 0.25) is 0 Å². The fourth-order valence-electron chi connectivity index (χ4n) is 3.81. The average molecular weight is 355 g/mol. The topological polar surface area (TPSA) is 40.5 Å². The molecular weight excluding hydrogens is 329 g/mol. The second kappa shape index (κ2) is 8.11. The van der Waals surface area contributed by atoms with Gasteiger partial charge in [-0.05, 0) is 49.2 Å². The van der Waals surface area contributed by atoms with Crippen LogP contribution in [0, 0.1) is 11.7 Å². The summed E-state index contributed by atoms with van der Waals surface area (Å²) >= 11 is 0. The van der Waals surface area contributed by atoms with Crippen molar-refractivity contribution in [3.8, 4) is 0 Å². The molecule has 26 heavy (non-hydrogen) atoms. The lowest BCUT2D eigenvalue weighted by atomic mass is 9.77. The third kappa shape index (κ3) is 4.19. The Balaban J connectivity index is 1.49. The van der Waals surface area contributed by atoms with Crippen LogP contribution in [-0.2, 0) is 5.60 Å². The minimum Gasteiger partial charge on any atom is -0.385 e. The molecule has 0 saturated carbocycles. The van der Waals surface area contributed by atoms with Gasteiger partial charge in [0.1, 0.15) is 5.82 Å². The van der Waals surface area contributed by atoms with Crippen LogP contribution < -0.4 is 0 Å². The summed E-state index contributed by atoms with van der Waals surface area (Å²) in [6.45, 7) is 4.56. The number of benzene rings is 2. The molecule has 3 rings (SSSR count). The van der Waals surface area contributed by atoms with E-state index in [1.54, 1.807) is 12.1 Å². The van der Waals surface area contributed by atoms with Gasteiger partial charge in [0, 0.05) is 31.0 Å². The van der Waals surface area contributed by atoms with Gasteiger partial charge in [-0.3, -0.25) is 4.79 Å². The fraction of sp³-hybridized carbons (Fsp3) is 0.409. The highest BCUT2D eigenvalue weighted by molar-refractivity contribution is 5.95. The zero-order valence-electron chi connectivity index (χ0n) is 15.2. The minimum atomic E-state index is -0.776. The van der Waals surface area contributed by atoms with Gasteiger partial charge in [0.25, 0.3) is 0 Å². The van der Waals surface area contributed by atoms with Crippen LogP contribution in [0.4, 0.5) is 4.39 Å². The monoisotopic (exact) mass is 355 g/mol. The van der Waals surface area contributed by atoms with Gasteiger partial charge in [0.05, 0.1) is 5.60 Å². The maximum Gasteiger partial charge on any atom is 0.162 e. The van der Waals surface area contributed by atoms with Gasteiger partial charge >= 0.3 is 0 Å². The highest BCUT2D eigenvalue weighted by Gasteiger charge is 2.39. The molecule has 1 saturated heterocycles. The lowest BCUT2D eigenvalue weighted by Gasteiger charge is -2.43. The molecule has 1 fully saturated rings. The van der Waals surface area contributed by atoms with Crippen molar-refractivity contribution in [3.63, 3.8) is 0 Å². The highest BCUT2D eigenvalue weighted by atomic mass is 19.1.